The van der Waals surface area contributed by atoms with Crippen molar-refractivity contribution in [1.29, 1.82) is 0 Å². The SMILES string of the molecule is Cc1csc(CCNS(=O)(=O)N2CCC(C(=O)O)CC2)n1. The summed E-state index contributed by atoms with van der Waals surface area (Å²) in [6.07, 6.45) is 1.28. The van der Waals surface area contributed by atoms with Gasteiger partial charge in [0.05, 0.1) is 10.9 Å². The highest BCUT2D eigenvalue weighted by Crippen LogP contribution is 2.19. The lowest BCUT2D eigenvalue weighted by Crippen LogP contribution is -2.46. The minimum atomic E-state index is -3.53. The van der Waals surface area contributed by atoms with Gasteiger partial charge in [-0.1, -0.05) is 0 Å². The van der Waals surface area contributed by atoms with Crippen molar-refractivity contribution < 1.29 is 18.3 Å². The van der Waals surface area contributed by atoms with Crippen LogP contribution in [0.2, 0.25) is 0 Å². The van der Waals surface area contributed by atoms with Crippen molar-refractivity contribution in [3.05, 3.63) is 16.1 Å². The zero-order valence-corrected chi connectivity index (χ0v) is 13.4. The summed E-state index contributed by atoms with van der Waals surface area (Å²) >= 11 is 1.51. The number of rotatable bonds is 6. The van der Waals surface area contributed by atoms with E-state index in [-0.39, 0.29) is 13.1 Å². The molecule has 118 valence electrons. The first-order valence-electron chi connectivity index (χ1n) is 6.77. The molecule has 0 spiro atoms. The van der Waals surface area contributed by atoms with Crippen LogP contribution in [0.15, 0.2) is 5.38 Å². The summed E-state index contributed by atoms with van der Waals surface area (Å²) < 4.78 is 28.1. The number of aromatic nitrogens is 1. The van der Waals surface area contributed by atoms with E-state index in [1.165, 1.54) is 15.6 Å². The fourth-order valence-corrected chi connectivity index (χ4v) is 4.25. The van der Waals surface area contributed by atoms with Gasteiger partial charge < -0.3 is 5.11 Å². The van der Waals surface area contributed by atoms with Crippen LogP contribution in [0.3, 0.4) is 0 Å². The molecule has 1 fully saturated rings. The van der Waals surface area contributed by atoms with Gasteiger partial charge in [-0.3, -0.25) is 4.79 Å². The van der Waals surface area contributed by atoms with E-state index in [0.29, 0.717) is 25.8 Å². The van der Waals surface area contributed by atoms with Crippen LogP contribution in [-0.4, -0.2) is 48.4 Å². The van der Waals surface area contributed by atoms with Crippen molar-refractivity contribution in [1.82, 2.24) is 14.0 Å². The molecule has 0 radical (unpaired) electrons. The van der Waals surface area contributed by atoms with Crippen LogP contribution in [0, 0.1) is 12.8 Å². The maximum Gasteiger partial charge on any atom is 0.306 e. The Morgan fingerprint density at radius 1 is 1.52 bits per heavy atom. The van der Waals surface area contributed by atoms with Crippen molar-refractivity contribution in [3.8, 4) is 0 Å². The summed E-state index contributed by atoms with van der Waals surface area (Å²) in [7, 11) is -3.53. The maximum atomic E-state index is 12.1. The van der Waals surface area contributed by atoms with Crippen molar-refractivity contribution in [2.75, 3.05) is 19.6 Å². The summed E-state index contributed by atoms with van der Waals surface area (Å²) in [4.78, 5) is 15.1. The molecule has 1 aromatic heterocycles. The highest BCUT2D eigenvalue weighted by Gasteiger charge is 2.30. The minimum Gasteiger partial charge on any atom is -0.481 e. The Bertz CT molecular complexity index is 591. The molecule has 2 heterocycles. The molecule has 0 atom stereocenters. The van der Waals surface area contributed by atoms with Crippen LogP contribution >= 0.6 is 11.3 Å². The number of aryl methyl sites for hydroxylation is 1. The second-order valence-corrected chi connectivity index (χ2v) is 7.74. The first-order chi connectivity index (χ1) is 9.88. The van der Waals surface area contributed by atoms with Gasteiger partial charge in [0, 0.05) is 37.1 Å². The van der Waals surface area contributed by atoms with Crippen LogP contribution < -0.4 is 4.72 Å². The zero-order chi connectivity index (χ0) is 15.5. The molecule has 0 bridgehead atoms. The van der Waals surface area contributed by atoms with Gasteiger partial charge in [0.2, 0.25) is 0 Å². The average Bonchev–Trinajstić information content (AvgIpc) is 2.84. The normalized spacial score (nSPS) is 18.0. The van der Waals surface area contributed by atoms with Crippen molar-refractivity contribution in [2.24, 2.45) is 5.92 Å². The second-order valence-electron chi connectivity index (χ2n) is 5.04. The first kappa shape index (κ1) is 16.3. The average molecular weight is 333 g/mol. The Morgan fingerprint density at radius 2 is 2.19 bits per heavy atom. The predicted molar refractivity (Wildman–Crippen MR) is 79.4 cm³/mol. The second kappa shape index (κ2) is 6.82. The van der Waals surface area contributed by atoms with Crippen molar-refractivity contribution in [2.45, 2.75) is 26.2 Å². The van der Waals surface area contributed by atoms with E-state index in [1.54, 1.807) is 0 Å². The molecule has 1 aliphatic rings. The standard InChI is InChI=1S/C12H19N3O4S2/c1-9-8-20-11(14-9)2-5-13-21(18,19)15-6-3-10(4-7-15)12(16)17/h8,10,13H,2-7H2,1H3,(H,16,17). The number of hydrogen-bond donors (Lipinski definition) is 2. The monoisotopic (exact) mass is 333 g/mol. The topological polar surface area (TPSA) is 99.6 Å². The highest BCUT2D eigenvalue weighted by molar-refractivity contribution is 7.87. The van der Waals surface area contributed by atoms with Gasteiger partial charge in [-0.05, 0) is 19.8 Å². The number of carbonyl (C=O) groups is 1. The summed E-state index contributed by atoms with van der Waals surface area (Å²) in [6.45, 7) is 2.70. The largest absolute Gasteiger partial charge is 0.481 e. The number of nitrogens with zero attached hydrogens (tertiary/aromatic N) is 2. The molecular formula is C12H19N3O4S2. The van der Waals surface area contributed by atoms with Gasteiger partial charge in [0.1, 0.15) is 0 Å². The van der Waals surface area contributed by atoms with Gasteiger partial charge in [-0.25, -0.2) is 9.71 Å². The predicted octanol–water partition coefficient (Wildman–Crippen LogP) is 0.625. The molecule has 0 amide bonds. The quantitative estimate of drug-likeness (QED) is 0.795. The number of piperidine rings is 1. The Hall–Kier alpha value is -1.03. The van der Waals surface area contributed by atoms with Crippen LogP contribution in [0.5, 0.6) is 0 Å². The molecule has 0 unspecified atom stereocenters. The number of hydrogen-bond acceptors (Lipinski definition) is 5. The van der Waals surface area contributed by atoms with E-state index in [0.717, 1.165) is 10.7 Å². The Labute approximate surface area is 128 Å². The van der Waals surface area contributed by atoms with E-state index in [9.17, 15) is 13.2 Å². The molecule has 1 aromatic rings. The molecule has 21 heavy (non-hydrogen) atoms. The van der Waals surface area contributed by atoms with Gasteiger partial charge in [-0.15, -0.1) is 11.3 Å². The zero-order valence-electron chi connectivity index (χ0n) is 11.8. The maximum absolute atomic E-state index is 12.1. The van der Waals surface area contributed by atoms with Gasteiger partial charge in [-0.2, -0.15) is 12.7 Å². The van der Waals surface area contributed by atoms with E-state index in [1.807, 2.05) is 12.3 Å². The van der Waals surface area contributed by atoms with Crippen LogP contribution in [0.25, 0.3) is 0 Å². The first-order valence-corrected chi connectivity index (χ1v) is 9.09. The smallest absolute Gasteiger partial charge is 0.306 e. The Morgan fingerprint density at radius 3 is 2.71 bits per heavy atom. The van der Waals surface area contributed by atoms with E-state index in [2.05, 4.69) is 9.71 Å². The number of carboxylic acids is 1. The molecular weight excluding hydrogens is 314 g/mol. The Balaban J connectivity index is 1.81. The number of aliphatic carboxylic acids is 1. The third-order valence-corrected chi connectivity index (χ3v) is 6.07. The summed E-state index contributed by atoms with van der Waals surface area (Å²) in [5, 5.41) is 11.7. The molecule has 0 aromatic carbocycles. The van der Waals surface area contributed by atoms with Crippen molar-refractivity contribution in [3.63, 3.8) is 0 Å². The van der Waals surface area contributed by atoms with Crippen molar-refractivity contribution >= 4 is 27.5 Å². The van der Waals surface area contributed by atoms with E-state index in [4.69, 9.17) is 5.11 Å². The lowest BCUT2D eigenvalue weighted by Gasteiger charge is -2.29. The molecule has 7 nitrogen and oxygen atoms in total. The molecule has 2 N–H and O–H groups in total. The molecule has 1 aliphatic heterocycles. The lowest BCUT2D eigenvalue weighted by atomic mass is 9.99. The number of carboxylic acid groups (broad SMARTS) is 1. The fraction of sp³-hybridized carbons (Fsp3) is 0.667. The highest BCUT2D eigenvalue weighted by atomic mass is 32.2. The molecule has 9 heteroatoms. The number of thiazole rings is 1. The summed E-state index contributed by atoms with van der Waals surface area (Å²) in [5.74, 6) is -1.28. The van der Waals surface area contributed by atoms with Gasteiger partial charge in [0.15, 0.2) is 0 Å². The third kappa shape index (κ3) is 4.47. The van der Waals surface area contributed by atoms with Crippen LogP contribution in [-0.2, 0) is 21.4 Å². The van der Waals surface area contributed by atoms with E-state index >= 15 is 0 Å². The van der Waals surface area contributed by atoms with Crippen LogP contribution in [0.1, 0.15) is 23.5 Å². The number of nitrogens with one attached hydrogen (secondary N) is 1. The Kier molecular flexibility index (Phi) is 5.31. The molecule has 2 rings (SSSR count). The van der Waals surface area contributed by atoms with Gasteiger partial charge >= 0.3 is 5.97 Å². The summed E-state index contributed by atoms with van der Waals surface area (Å²) in [5.41, 5.74) is 0.939. The molecule has 0 saturated carbocycles. The van der Waals surface area contributed by atoms with Gasteiger partial charge in [0.25, 0.3) is 10.2 Å². The summed E-state index contributed by atoms with van der Waals surface area (Å²) in [6, 6.07) is 0. The fourth-order valence-electron chi connectivity index (χ4n) is 2.24. The minimum absolute atomic E-state index is 0.253. The molecule has 0 aliphatic carbocycles. The lowest BCUT2D eigenvalue weighted by molar-refractivity contribution is -0.142. The third-order valence-electron chi connectivity index (χ3n) is 3.43. The molecule has 1 saturated heterocycles. The van der Waals surface area contributed by atoms with E-state index < -0.39 is 22.1 Å². The van der Waals surface area contributed by atoms with Crippen LogP contribution in [0.4, 0.5) is 0 Å².